The molecule has 4 aromatic heterocycles. The summed E-state index contributed by atoms with van der Waals surface area (Å²) in [6.45, 7) is 7.66. The van der Waals surface area contributed by atoms with Gasteiger partial charge in [-0.3, -0.25) is 4.68 Å². The molecule has 2 aromatic carbocycles. The highest BCUT2D eigenvalue weighted by Gasteiger charge is 2.44. The molecule has 6 rings (SSSR count). The quantitative estimate of drug-likeness (QED) is 0.0820. The van der Waals surface area contributed by atoms with Crippen molar-refractivity contribution in [2.24, 2.45) is 0 Å². The molecule has 6 aromatic rings. The first-order valence-electron chi connectivity index (χ1n) is 15.3. The van der Waals surface area contributed by atoms with Gasteiger partial charge < -0.3 is 9.63 Å². The highest BCUT2D eigenvalue weighted by molar-refractivity contribution is 6.74. The molecule has 49 heavy (non-hydrogen) atoms. The summed E-state index contributed by atoms with van der Waals surface area (Å²) >= 11 is 6.18. The zero-order chi connectivity index (χ0) is 35.1. The van der Waals surface area contributed by atoms with Crippen molar-refractivity contribution in [1.29, 1.82) is 0 Å². The molecule has 0 bridgehead atoms. The lowest BCUT2D eigenvalue weighted by Gasteiger charge is -2.41. The normalized spacial score (nSPS) is 13.6. The van der Waals surface area contributed by atoms with Crippen LogP contribution in [0.2, 0.25) is 23.2 Å². The smallest absolute Gasteiger partial charge is 0.333 e. The average molecular weight is 708 g/mol. The van der Waals surface area contributed by atoms with E-state index < -0.39 is 32.8 Å². The van der Waals surface area contributed by atoms with Gasteiger partial charge in [0.25, 0.3) is 0 Å². The van der Waals surface area contributed by atoms with E-state index in [-0.39, 0.29) is 38.3 Å². The average Bonchev–Trinajstić information content (AvgIpc) is 3.85. The molecule has 0 N–H and O–H groups in total. The van der Waals surface area contributed by atoms with E-state index in [1.807, 2.05) is 30.3 Å². The topological polar surface area (TPSA) is 115 Å². The van der Waals surface area contributed by atoms with Crippen molar-refractivity contribution in [2.45, 2.75) is 57.6 Å². The minimum Gasteiger partial charge on any atom is -0.618 e. The molecule has 0 amide bonds. The third-order valence-electron chi connectivity index (χ3n) is 8.88. The molecular formula is C33H33ClF3N9O2Si. The van der Waals surface area contributed by atoms with Crippen molar-refractivity contribution in [1.82, 2.24) is 39.8 Å². The minimum absolute atomic E-state index is 0.0197. The summed E-state index contributed by atoms with van der Waals surface area (Å²) in [6.07, 6.45) is 6.12. The van der Waals surface area contributed by atoms with Crippen LogP contribution in [0.4, 0.5) is 13.2 Å². The maximum Gasteiger partial charge on any atom is 0.333 e. The second kappa shape index (κ2) is 13.2. The molecule has 4 heterocycles. The van der Waals surface area contributed by atoms with E-state index in [0.29, 0.717) is 15.0 Å². The van der Waals surface area contributed by atoms with Crippen molar-refractivity contribution >= 4 is 19.9 Å². The lowest BCUT2D eigenvalue weighted by Crippen LogP contribution is -2.45. The number of aromatic nitrogens is 9. The second-order valence-electron chi connectivity index (χ2n) is 13.0. The fraction of sp³-hybridized carbons (Fsp3) is 0.273. The SMILES string of the molecule is CC(C)(C)[Si](C)(C)OC(c1ccccc1)C(c1ccc(-c2c(-n3cnnn3)ccc(Cl)c2F)c[n+]1[O-])n1cc(-c2ccnn2C(F)F)cn1. The molecule has 0 saturated carbocycles. The number of halogens is 4. The lowest BCUT2D eigenvalue weighted by molar-refractivity contribution is -0.616. The number of hydrogen-bond acceptors (Lipinski definition) is 7. The molecule has 0 aliphatic carbocycles. The fourth-order valence-corrected chi connectivity index (χ4v) is 6.76. The van der Waals surface area contributed by atoms with Gasteiger partial charge in [-0.15, -0.1) is 5.10 Å². The Balaban J connectivity index is 1.55. The summed E-state index contributed by atoms with van der Waals surface area (Å²) < 4.78 is 54.4. The first-order chi connectivity index (χ1) is 23.3. The van der Waals surface area contributed by atoms with Gasteiger partial charge in [-0.2, -0.15) is 28.4 Å². The van der Waals surface area contributed by atoms with Crippen LogP contribution >= 0.6 is 11.6 Å². The molecule has 254 valence electrons. The summed E-state index contributed by atoms with van der Waals surface area (Å²) in [7, 11) is -2.53. The standard InChI is InChI=1S/C33H33ClF3N9O2Si/c1-33(2,3)49(4,5)48-31(21-9-7-6-8-10-21)30(43-18-23(17-40-43)25-15-16-39-46(25)32(36)37)27-13-11-22(19-45(27)47)28-26(44-20-38-41-42-44)14-12-24(34)29(28)35/h6-20,30-32H,1-5H3. The van der Waals surface area contributed by atoms with Crippen LogP contribution < -0.4 is 4.73 Å². The molecule has 0 saturated heterocycles. The molecule has 11 nitrogen and oxygen atoms in total. The largest absolute Gasteiger partial charge is 0.618 e. The summed E-state index contributed by atoms with van der Waals surface area (Å²) in [5.41, 5.74) is 2.00. The first kappa shape index (κ1) is 34.0. The number of tetrazole rings is 1. The first-order valence-corrected chi connectivity index (χ1v) is 18.6. The van der Waals surface area contributed by atoms with Gasteiger partial charge in [0.1, 0.15) is 12.4 Å². The van der Waals surface area contributed by atoms with Gasteiger partial charge in [0.2, 0.25) is 5.69 Å². The maximum absolute atomic E-state index is 15.7. The Labute approximate surface area is 286 Å². The van der Waals surface area contributed by atoms with Crippen LogP contribution in [-0.2, 0) is 4.43 Å². The Bertz CT molecular complexity index is 2070. The van der Waals surface area contributed by atoms with Crippen molar-refractivity contribution < 1.29 is 22.3 Å². The number of hydrogen-bond donors (Lipinski definition) is 0. The maximum atomic E-state index is 15.7. The summed E-state index contributed by atoms with van der Waals surface area (Å²) in [5.74, 6) is -0.755. The number of rotatable bonds is 10. The monoisotopic (exact) mass is 707 g/mol. The molecule has 2 unspecified atom stereocenters. The minimum atomic E-state index is -2.87. The molecule has 0 fully saturated rings. The Morgan fingerprint density at radius 1 is 0.980 bits per heavy atom. The van der Waals surface area contributed by atoms with Crippen LogP contribution in [0.15, 0.2) is 91.8 Å². The van der Waals surface area contributed by atoms with Crippen molar-refractivity contribution in [3.8, 4) is 28.1 Å². The van der Waals surface area contributed by atoms with Crippen molar-refractivity contribution in [3.05, 3.63) is 119 Å². The van der Waals surface area contributed by atoms with Gasteiger partial charge in [-0.1, -0.05) is 62.7 Å². The van der Waals surface area contributed by atoms with Gasteiger partial charge in [-0.05, 0) is 58.4 Å². The molecule has 2 atom stereocenters. The number of benzene rings is 2. The lowest BCUT2D eigenvalue weighted by atomic mass is 9.97. The Kier molecular flexibility index (Phi) is 9.17. The highest BCUT2D eigenvalue weighted by Crippen LogP contribution is 2.44. The third kappa shape index (κ3) is 6.60. The van der Waals surface area contributed by atoms with Crippen molar-refractivity contribution in [3.63, 3.8) is 0 Å². The number of alkyl halides is 2. The van der Waals surface area contributed by atoms with Crippen LogP contribution in [0.1, 0.15) is 50.7 Å². The van der Waals surface area contributed by atoms with Gasteiger partial charge >= 0.3 is 6.55 Å². The van der Waals surface area contributed by atoms with E-state index >= 15 is 4.39 Å². The Morgan fingerprint density at radius 3 is 2.39 bits per heavy atom. The summed E-state index contributed by atoms with van der Waals surface area (Å²) in [4.78, 5) is 0. The van der Waals surface area contributed by atoms with E-state index in [4.69, 9.17) is 16.0 Å². The van der Waals surface area contributed by atoms with Gasteiger partial charge in [0.15, 0.2) is 26.4 Å². The predicted molar refractivity (Wildman–Crippen MR) is 179 cm³/mol. The molecule has 0 aliphatic heterocycles. The van der Waals surface area contributed by atoms with Crippen LogP contribution in [0, 0.1) is 11.0 Å². The van der Waals surface area contributed by atoms with Crippen LogP contribution in [-0.4, -0.2) is 48.1 Å². The van der Waals surface area contributed by atoms with E-state index in [0.717, 1.165) is 5.56 Å². The van der Waals surface area contributed by atoms with Crippen molar-refractivity contribution in [2.75, 3.05) is 0 Å². The van der Waals surface area contributed by atoms with E-state index in [2.05, 4.69) is 59.6 Å². The molecular weight excluding hydrogens is 675 g/mol. The predicted octanol–water partition coefficient (Wildman–Crippen LogP) is 7.56. The van der Waals surface area contributed by atoms with Gasteiger partial charge in [0, 0.05) is 24.0 Å². The Morgan fingerprint density at radius 2 is 1.73 bits per heavy atom. The zero-order valence-corrected chi connectivity index (χ0v) is 29.0. The van der Waals surface area contributed by atoms with Crippen LogP contribution in [0.5, 0.6) is 0 Å². The number of pyridine rings is 1. The summed E-state index contributed by atoms with van der Waals surface area (Å²) in [5, 5.41) is 33.4. The summed E-state index contributed by atoms with van der Waals surface area (Å²) in [6, 6.07) is 16.1. The van der Waals surface area contributed by atoms with Crippen LogP contribution in [0.3, 0.4) is 0 Å². The van der Waals surface area contributed by atoms with Gasteiger partial charge in [0.05, 0.1) is 33.7 Å². The molecule has 0 radical (unpaired) electrons. The highest BCUT2D eigenvalue weighted by atomic mass is 35.5. The molecule has 0 spiro atoms. The Hall–Kier alpha value is -4.86. The molecule has 0 aliphatic rings. The van der Waals surface area contributed by atoms with E-state index in [9.17, 15) is 14.0 Å². The molecule has 16 heteroatoms. The third-order valence-corrected chi connectivity index (χ3v) is 13.6. The second-order valence-corrected chi connectivity index (χ2v) is 18.1. The van der Waals surface area contributed by atoms with E-state index in [1.54, 1.807) is 29.1 Å². The van der Waals surface area contributed by atoms with Crippen LogP contribution in [0.25, 0.3) is 28.1 Å². The zero-order valence-electron chi connectivity index (χ0n) is 27.2. The fourth-order valence-electron chi connectivity index (χ4n) is 5.35. The van der Waals surface area contributed by atoms with E-state index in [1.165, 1.54) is 41.7 Å². The van der Waals surface area contributed by atoms with Gasteiger partial charge in [-0.25, -0.2) is 9.07 Å². The number of nitrogens with zero attached hydrogens (tertiary/aromatic N) is 9.